The minimum absolute atomic E-state index is 0.0740. The van der Waals surface area contributed by atoms with Crippen LogP contribution in [0, 0.1) is 0 Å². The third-order valence-electron chi connectivity index (χ3n) is 2.57. The molecule has 0 aliphatic carbocycles. The monoisotopic (exact) mass is 228 g/mol. The van der Waals surface area contributed by atoms with Crippen molar-refractivity contribution < 1.29 is 19.5 Å². The lowest BCUT2D eigenvalue weighted by molar-refractivity contribution is -0.157. The first kappa shape index (κ1) is 12.5. The Labute approximate surface area is 93.8 Å². The summed E-state index contributed by atoms with van der Waals surface area (Å²) in [6.07, 6.45) is 1.31. The molecule has 90 valence electrons. The van der Waals surface area contributed by atoms with Gasteiger partial charge in [-0.25, -0.2) is 4.79 Å². The van der Waals surface area contributed by atoms with Gasteiger partial charge in [-0.2, -0.15) is 0 Å². The molecule has 1 aliphatic rings. The zero-order valence-electron chi connectivity index (χ0n) is 9.31. The van der Waals surface area contributed by atoms with Gasteiger partial charge < -0.3 is 14.9 Å². The van der Waals surface area contributed by atoms with Gasteiger partial charge in [-0.05, 0) is 6.42 Å². The molecule has 1 heterocycles. The summed E-state index contributed by atoms with van der Waals surface area (Å²) < 4.78 is 0. The number of amides is 2. The number of carbonyl (C=O) groups excluding carboxylic acids is 2. The summed E-state index contributed by atoms with van der Waals surface area (Å²) >= 11 is 0. The van der Waals surface area contributed by atoms with Gasteiger partial charge in [-0.1, -0.05) is 6.92 Å². The number of rotatable bonds is 2. The van der Waals surface area contributed by atoms with Gasteiger partial charge in [-0.3, -0.25) is 9.59 Å². The van der Waals surface area contributed by atoms with Gasteiger partial charge in [-0.15, -0.1) is 0 Å². The highest BCUT2D eigenvalue weighted by atomic mass is 16.4. The first-order valence-electron chi connectivity index (χ1n) is 5.36. The molecule has 0 aromatic heterocycles. The van der Waals surface area contributed by atoms with E-state index in [9.17, 15) is 14.4 Å². The molecule has 1 N–H and O–H groups in total. The first-order valence-corrected chi connectivity index (χ1v) is 5.36. The number of hydrogen-bond donors (Lipinski definition) is 1. The Kier molecular flexibility index (Phi) is 4.28. The average Bonchev–Trinajstić information content (AvgIpc) is 2.28. The van der Waals surface area contributed by atoms with Gasteiger partial charge in [0.05, 0.1) is 0 Å². The molecule has 0 spiro atoms. The molecule has 6 nitrogen and oxygen atoms in total. The van der Waals surface area contributed by atoms with E-state index in [0.29, 0.717) is 32.6 Å². The van der Waals surface area contributed by atoms with Crippen LogP contribution in [-0.4, -0.2) is 58.9 Å². The van der Waals surface area contributed by atoms with Crippen LogP contribution in [-0.2, 0) is 14.4 Å². The average molecular weight is 228 g/mol. The fourth-order valence-corrected chi connectivity index (χ4v) is 1.67. The van der Waals surface area contributed by atoms with Gasteiger partial charge >= 0.3 is 11.9 Å². The fourth-order valence-electron chi connectivity index (χ4n) is 1.67. The molecule has 1 saturated heterocycles. The maximum atomic E-state index is 11.5. The van der Waals surface area contributed by atoms with Gasteiger partial charge in [0.1, 0.15) is 0 Å². The third kappa shape index (κ3) is 2.95. The van der Waals surface area contributed by atoms with E-state index in [2.05, 4.69) is 0 Å². The summed E-state index contributed by atoms with van der Waals surface area (Å²) in [5, 5.41) is 8.52. The number of piperazine rings is 1. The second kappa shape index (κ2) is 5.48. The lowest BCUT2D eigenvalue weighted by atomic mass is 10.2. The van der Waals surface area contributed by atoms with Crippen molar-refractivity contribution in [2.24, 2.45) is 0 Å². The van der Waals surface area contributed by atoms with Crippen molar-refractivity contribution in [3.8, 4) is 0 Å². The first-order chi connectivity index (χ1) is 7.56. The third-order valence-corrected chi connectivity index (χ3v) is 2.57. The summed E-state index contributed by atoms with van der Waals surface area (Å²) in [4.78, 5) is 36.0. The van der Waals surface area contributed by atoms with E-state index in [1.54, 1.807) is 4.90 Å². The van der Waals surface area contributed by atoms with Crippen molar-refractivity contribution >= 4 is 17.8 Å². The zero-order chi connectivity index (χ0) is 12.1. The Morgan fingerprint density at radius 3 is 2.00 bits per heavy atom. The van der Waals surface area contributed by atoms with E-state index < -0.39 is 11.9 Å². The van der Waals surface area contributed by atoms with Crippen molar-refractivity contribution in [2.75, 3.05) is 26.2 Å². The van der Waals surface area contributed by atoms with Crippen LogP contribution in [0.25, 0.3) is 0 Å². The summed E-state index contributed by atoms with van der Waals surface area (Å²) in [7, 11) is 0. The molecule has 6 heteroatoms. The summed E-state index contributed by atoms with van der Waals surface area (Å²) in [5.74, 6) is -2.25. The van der Waals surface area contributed by atoms with E-state index >= 15 is 0 Å². The van der Waals surface area contributed by atoms with Gasteiger partial charge in [0.2, 0.25) is 5.91 Å². The molecule has 1 rings (SSSR count). The number of nitrogens with zero attached hydrogens (tertiary/aromatic N) is 2. The highest BCUT2D eigenvalue weighted by Crippen LogP contribution is 2.05. The van der Waals surface area contributed by atoms with Crippen LogP contribution >= 0.6 is 0 Å². The minimum atomic E-state index is -1.44. The van der Waals surface area contributed by atoms with Crippen LogP contribution < -0.4 is 0 Å². The van der Waals surface area contributed by atoms with E-state index in [1.807, 2.05) is 6.92 Å². The smallest absolute Gasteiger partial charge is 0.394 e. The maximum Gasteiger partial charge on any atom is 0.394 e. The molecule has 0 bridgehead atoms. The molecule has 1 aliphatic heterocycles. The SMILES string of the molecule is CCCC(=O)N1CCN(C(=O)C(=O)O)CC1. The van der Waals surface area contributed by atoms with Crippen LogP contribution in [0.4, 0.5) is 0 Å². The van der Waals surface area contributed by atoms with Crippen LogP contribution in [0.2, 0.25) is 0 Å². The topological polar surface area (TPSA) is 77.9 Å². The highest BCUT2D eigenvalue weighted by molar-refractivity contribution is 6.31. The molecule has 0 atom stereocenters. The van der Waals surface area contributed by atoms with E-state index in [0.717, 1.165) is 6.42 Å². The molecule has 16 heavy (non-hydrogen) atoms. The lowest BCUT2D eigenvalue weighted by Crippen LogP contribution is -2.52. The van der Waals surface area contributed by atoms with Crippen molar-refractivity contribution in [3.05, 3.63) is 0 Å². The van der Waals surface area contributed by atoms with Crippen LogP contribution in [0.5, 0.6) is 0 Å². The van der Waals surface area contributed by atoms with Crippen molar-refractivity contribution in [1.29, 1.82) is 0 Å². The van der Waals surface area contributed by atoms with Gasteiger partial charge in [0, 0.05) is 32.6 Å². The van der Waals surface area contributed by atoms with E-state index in [1.165, 1.54) is 4.90 Å². The molecule has 1 fully saturated rings. The standard InChI is InChI=1S/C10H16N2O4/c1-2-3-8(13)11-4-6-12(7-5-11)9(14)10(15)16/h2-7H2,1H3,(H,15,16). The summed E-state index contributed by atoms with van der Waals surface area (Å²) in [6.45, 7) is 3.40. The van der Waals surface area contributed by atoms with Crippen LogP contribution in [0.15, 0.2) is 0 Å². The lowest BCUT2D eigenvalue weighted by Gasteiger charge is -2.33. The normalized spacial score (nSPS) is 16.1. The van der Waals surface area contributed by atoms with Crippen LogP contribution in [0.1, 0.15) is 19.8 Å². The largest absolute Gasteiger partial charge is 0.474 e. The summed E-state index contributed by atoms with van der Waals surface area (Å²) in [6, 6.07) is 0. The number of carbonyl (C=O) groups is 3. The Hall–Kier alpha value is -1.59. The predicted octanol–water partition coefficient (Wildman–Crippen LogP) is -0.458. The molecule has 0 unspecified atom stereocenters. The number of aliphatic carboxylic acids is 1. The zero-order valence-corrected chi connectivity index (χ0v) is 9.31. The number of hydrogen-bond acceptors (Lipinski definition) is 3. The van der Waals surface area contributed by atoms with Crippen molar-refractivity contribution in [3.63, 3.8) is 0 Å². The Balaban J connectivity index is 2.42. The highest BCUT2D eigenvalue weighted by Gasteiger charge is 2.26. The minimum Gasteiger partial charge on any atom is -0.474 e. The Morgan fingerprint density at radius 2 is 1.56 bits per heavy atom. The molecule has 0 radical (unpaired) electrons. The van der Waals surface area contributed by atoms with E-state index in [-0.39, 0.29) is 5.91 Å². The Morgan fingerprint density at radius 1 is 1.06 bits per heavy atom. The van der Waals surface area contributed by atoms with Gasteiger partial charge in [0.25, 0.3) is 0 Å². The van der Waals surface area contributed by atoms with E-state index in [4.69, 9.17) is 5.11 Å². The van der Waals surface area contributed by atoms with Gasteiger partial charge in [0.15, 0.2) is 0 Å². The van der Waals surface area contributed by atoms with Crippen molar-refractivity contribution in [2.45, 2.75) is 19.8 Å². The predicted molar refractivity (Wildman–Crippen MR) is 55.7 cm³/mol. The molecule has 0 aromatic carbocycles. The maximum absolute atomic E-state index is 11.5. The number of carboxylic acids is 1. The molecular weight excluding hydrogens is 212 g/mol. The second-order valence-electron chi connectivity index (χ2n) is 3.73. The molecular formula is C10H16N2O4. The molecule has 0 saturated carbocycles. The Bertz CT molecular complexity index is 295. The fraction of sp³-hybridized carbons (Fsp3) is 0.700. The molecule has 0 aromatic rings. The van der Waals surface area contributed by atoms with Crippen molar-refractivity contribution in [1.82, 2.24) is 9.80 Å². The quantitative estimate of drug-likeness (QED) is 0.649. The summed E-state index contributed by atoms with van der Waals surface area (Å²) in [5.41, 5.74) is 0. The van der Waals surface area contributed by atoms with Crippen LogP contribution in [0.3, 0.4) is 0 Å². The number of carboxylic acid groups (broad SMARTS) is 1. The molecule has 2 amide bonds. The second-order valence-corrected chi connectivity index (χ2v) is 3.73.